The quantitative estimate of drug-likeness (QED) is 0.656. The average molecular weight is 358 g/mol. The average Bonchev–Trinajstić information content (AvgIpc) is 2.77. The number of halogens is 1. The van der Waals surface area contributed by atoms with Crippen LogP contribution in [0.2, 0.25) is 0 Å². The number of hydrogen-bond donors (Lipinski definition) is 1. The van der Waals surface area contributed by atoms with Crippen LogP contribution in [0.3, 0.4) is 0 Å². The standard InChI is InChI=1S/C15H23FN4O5/c1-15(2,3)25-14(21)18-10-5-6-12(24-8-9(10)16)13-11(20(22)23)7-17-19(13)4/h7,9-10,12H,5-6,8H2,1-4H3,(H,18,21)/t9-,10-,12?/m1/s1. The van der Waals surface area contributed by atoms with Crippen LogP contribution in [0.4, 0.5) is 14.9 Å². The molecule has 1 unspecified atom stereocenters. The summed E-state index contributed by atoms with van der Waals surface area (Å²) in [5, 5.41) is 17.5. The van der Waals surface area contributed by atoms with Crippen LogP contribution >= 0.6 is 0 Å². The summed E-state index contributed by atoms with van der Waals surface area (Å²) in [7, 11) is 1.57. The zero-order valence-electron chi connectivity index (χ0n) is 14.7. The molecule has 3 atom stereocenters. The molecule has 1 fully saturated rings. The van der Waals surface area contributed by atoms with Crippen LogP contribution in [0.5, 0.6) is 0 Å². The van der Waals surface area contributed by atoms with Crippen molar-refractivity contribution < 1.29 is 23.6 Å². The Morgan fingerprint density at radius 3 is 2.80 bits per heavy atom. The molecule has 1 N–H and O–H groups in total. The minimum absolute atomic E-state index is 0.165. The number of rotatable bonds is 3. The van der Waals surface area contributed by atoms with Gasteiger partial charge in [0.05, 0.1) is 17.6 Å². The molecule has 1 aliphatic heterocycles. The highest BCUT2D eigenvalue weighted by Gasteiger charge is 2.35. The number of aryl methyl sites for hydroxylation is 1. The van der Waals surface area contributed by atoms with Gasteiger partial charge < -0.3 is 14.8 Å². The summed E-state index contributed by atoms with van der Waals surface area (Å²) in [5.74, 6) is 0. The number of ether oxygens (including phenoxy) is 2. The van der Waals surface area contributed by atoms with Gasteiger partial charge in [0.15, 0.2) is 0 Å². The summed E-state index contributed by atoms with van der Waals surface area (Å²) in [6.07, 6.45) is -1.10. The molecule has 0 aromatic carbocycles. The van der Waals surface area contributed by atoms with Gasteiger partial charge in [-0.25, -0.2) is 9.18 Å². The van der Waals surface area contributed by atoms with Gasteiger partial charge in [-0.2, -0.15) is 5.10 Å². The van der Waals surface area contributed by atoms with Gasteiger partial charge >= 0.3 is 11.8 Å². The van der Waals surface area contributed by atoms with Gasteiger partial charge in [0, 0.05) is 7.05 Å². The first-order chi connectivity index (χ1) is 11.6. The minimum Gasteiger partial charge on any atom is -0.444 e. The maximum Gasteiger partial charge on any atom is 0.407 e. The van der Waals surface area contributed by atoms with E-state index in [1.807, 2.05) is 0 Å². The Labute approximate surface area is 144 Å². The number of carbonyl (C=O) groups excluding carboxylic acids is 1. The van der Waals surface area contributed by atoms with Crippen LogP contribution in [0.15, 0.2) is 6.20 Å². The molecule has 0 radical (unpaired) electrons. The SMILES string of the molecule is Cn1ncc([N+](=O)[O-])c1C1CC[C@@H](NC(=O)OC(C)(C)C)[C@H](F)CO1. The number of amides is 1. The first-order valence-corrected chi connectivity index (χ1v) is 8.00. The van der Waals surface area contributed by atoms with Crippen molar-refractivity contribution in [3.8, 4) is 0 Å². The Morgan fingerprint density at radius 2 is 2.20 bits per heavy atom. The maximum absolute atomic E-state index is 14.3. The van der Waals surface area contributed by atoms with Crippen molar-refractivity contribution in [2.45, 2.75) is 57.5 Å². The van der Waals surface area contributed by atoms with Crippen molar-refractivity contribution in [3.05, 3.63) is 22.0 Å². The molecule has 10 heteroatoms. The fourth-order valence-corrected chi connectivity index (χ4v) is 2.71. The third-order valence-electron chi connectivity index (χ3n) is 3.80. The van der Waals surface area contributed by atoms with Crippen LogP contribution < -0.4 is 5.32 Å². The Kier molecular flexibility index (Phi) is 5.61. The highest BCUT2D eigenvalue weighted by atomic mass is 19.1. The molecule has 2 heterocycles. The predicted octanol–water partition coefficient (Wildman–Crippen LogP) is 2.41. The second-order valence-corrected chi connectivity index (χ2v) is 6.96. The van der Waals surface area contributed by atoms with Crippen LogP contribution in [0.25, 0.3) is 0 Å². The van der Waals surface area contributed by atoms with E-state index in [9.17, 15) is 19.3 Å². The second-order valence-electron chi connectivity index (χ2n) is 6.96. The van der Waals surface area contributed by atoms with Crippen molar-refractivity contribution in [3.63, 3.8) is 0 Å². The molecule has 2 rings (SSSR count). The molecule has 1 aliphatic rings. The zero-order valence-corrected chi connectivity index (χ0v) is 14.7. The first-order valence-electron chi connectivity index (χ1n) is 8.00. The van der Waals surface area contributed by atoms with Crippen LogP contribution in [-0.4, -0.2) is 45.2 Å². The smallest absolute Gasteiger partial charge is 0.407 e. The second kappa shape index (κ2) is 7.34. The lowest BCUT2D eigenvalue weighted by Gasteiger charge is -2.24. The molecule has 0 aliphatic carbocycles. The molecule has 0 bridgehead atoms. The molecule has 1 aromatic heterocycles. The Bertz CT molecular complexity index is 642. The number of carbonyl (C=O) groups is 1. The van der Waals surface area contributed by atoms with E-state index < -0.39 is 34.9 Å². The van der Waals surface area contributed by atoms with Crippen LogP contribution in [-0.2, 0) is 16.5 Å². The largest absolute Gasteiger partial charge is 0.444 e. The summed E-state index contributed by atoms with van der Waals surface area (Å²) >= 11 is 0. The van der Waals surface area contributed by atoms with E-state index in [0.29, 0.717) is 6.42 Å². The molecule has 0 saturated carbocycles. The van der Waals surface area contributed by atoms with Crippen LogP contribution in [0.1, 0.15) is 45.4 Å². The molecule has 25 heavy (non-hydrogen) atoms. The van der Waals surface area contributed by atoms with E-state index in [1.165, 1.54) is 4.68 Å². The maximum atomic E-state index is 14.3. The lowest BCUT2D eigenvalue weighted by atomic mass is 10.0. The third kappa shape index (κ3) is 4.88. The van der Waals surface area contributed by atoms with E-state index >= 15 is 0 Å². The number of aromatic nitrogens is 2. The number of nitrogens with one attached hydrogen (secondary N) is 1. The van der Waals surface area contributed by atoms with Crippen molar-refractivity contribution in [1.29, 1.82) is 0 Å². The Balaban J connectivity index is 2.07. The fraction of sp³-hybridized carbons (Fsp3) is 0.733. The first kappa shape index (κ1) is 19.1. The fourth-order valence-electron chi connectivity index (χ4n) is 2.71. The molecule has 1 saturated heterocycles. The molecule has 0 spiro atoms. The monoisotopic (exact) mass is 358 g/mol. The van der Waals surface area contributed by atoms with E-state index in [4.69, 9.17) is 9.47 Å². The number of nitrogens with zero attached hydrogens (tertiary/aromatic N) is 3. The molecule has 9 nitrogen and oxygen atoms in total. The Hall–Kier alpha value is -2.23. The number of nitro groups is 1. The summed E-state index contributed by atoms with van der Waals surface area (Å²) in [4.78, 5) is 22.4. The van der Waals surface area contributed by atoms with Gasteiger partial charge in [-0.3, -0.25) is 14.8 Å². The Morgan fingerprint density at radius 1 is 1.52 bits per heavy atom. The summed E-state index contributed by atoms with van der Waals surface area (Å²) in [6.45, 7) is 4.86. The lowest BCUT2D eigenvalue weighted by molar-refractivity contribution is -0.386. The van der Waals surface area contributed by atoms with E-state index in [0.717, 1.165) is 6.20 Å². The normalized spacial score (nSPS) is 24.4. The minimum atomic E-state index is -1.44. The highest BCUT2D eigenvalue weighted by molar-refractivity contribution is 5.68. The van der Waals surface area contributed by atoms with Gasteiger partial charge in [0.25, 0.3) is 0 Å². The number of alkyl carbamates (subject to hydrolysis) is 1. The highest BCUT2D eigenvalue weighted by Crippen LogP contribution is 2.33. The lowest BCUT2D eigenvalue weighted by Crippen LogP contribution is -2.44. The number of alkyl halides is 1. The van der Waals surface area contributed by atoms with E-state index in [2.05, 4.69) is 10.4 Å². The van der Waals surface area contributed by atoms with Crippen LogP contribution in [0, 0.1) is 10.1 Å². The summed E-state index contributed by atoms with van der Waals surface area (Å²) < 4.78 is 26.3. The van der Waals surface area contributed by atoms with Crippen molar-refractivity contribution in [2.75, 3.05) is 6.61 Å². The molecule has 1 amide bonds. The van der Waals surface area contributed by atoms with Gasteiger partial charge in [0.2, 0.25) is 0 Å². The van der Waals surface area contributed by atoms with Crippen molar-refractivity contribution in [2.24, 2.45) is 7.05 Å². The van der Waals surface area contributed by atoms with Crippen molar-refractivity contribution in [1.82, 2.24) is 15.1 Å². The molecule has 1 aromatic rings. The molecule has 140 valence electrons. The summed E-state index contributed by atoms with van der Waals surface area (Å²) in [6, 6.07) is -0.785. The van der Waals surface area contributed by atoms with Crippen molar-refractivity contribution >= 4 is 11.8 Å². The van der Waals surface area contributed by atoms with Gasteiger partial charge in [-0.15, -0.1) is 0 Å². The molecular weight excluding hydrogens is 335 g/mol. The van der Waals surface area contributed by atoms with E-state index in [-0.39, 0.29) is 24.4 Å². The predicted molar refractivity (Wildman–Crippen MR) is 85.8 cm³/mol. The zero-order chi connectivity index (χ0) is 18.8. The van der Waals surface area contributed by atoms with Gasteiger partial charge in [0.1, 0.15) is 29.8 Å². The number of hydrogen-bond acceptors (Lipinski definition) is 6. The van der Waals surface area contributed by atoms with Gasteiger partial charge in [-0.05, 0) is 33.6 Å². The third-order valence-corrected chi connectivity index (χ3v) is 3.80. The van der Waals surface area contributed by atoms with Gasteiger partial charge in [-0.1, -0.05) is 0 Å². The topological polar surface area (TPSA) is 109 Å². The van der Waals surface area contributed by atoms with E-state index in [1.54, 1.807) is 27.8 Å². The summed E-state index contributed by atoms with van der Waals surface area (Å²) in [5.41, 5.74) is -0.564. The molecular formula is C15H23FN4O5.